The van der Waals surface area contributed by atoms with Gasteiger partial charge >= 0.3 is 0 Å². The summed E-state index contributed by atoms with van der Waals surface area (Å²) in [7, 11) is -1.74. The summed E-state index contributed by atoms with van der Waals surface area (Å²) in [5.41, 5.74) is 2.01. The van der Waals surface area contributed by atoms with E-state index in [1.165, 1.54) is 15.6 Å². The molecule has 30 heavy (non-hydrogen) atoms. The summed E-state index contributed by atoms with van der Waals surface area (Å²) >= 11 is 7.57. The van der Waals surface area contributed by atoms with Crippen molar-refractivity contribution in [3.8, 4) is 0 Å². The molecule has 0 bridgehead atoms. The number of hydrogen-bond donors (Lipinski definition) is 0. The minimum atomic E-state index is -3.62. The molecule has 6 nitrogen and oxygen atoms in total. The van der Waals surface area contributed by atoms with Crippen molar-refractivity contribution in [2.24, 2.45) is 18.0 Å². The van der Waals surface area contributed by atoms with Gasteiger partial charge in [0, 0.05) is 25.2 Å². The lowest BCUT2D eigenvalue weighted by atomic mass is 9.99. The van der Waals surface area contributed by atoms with Gasteiger partial charge < -0.3 is 4.57 Å². The number of benzene rings is 2. The van der Waals surface area contributed by atoms with Crippen LogP contribution in [0.5, 0.6) is 0 Å². The van der Waals surface area contributed by atoms with Crippen LogP contribution in [0.25, 0.3) is 10.2 Å². The predicted octanol–water partition coefficient (Wildman–Crippen LogP) is 3.73. The summed E-state index contributed by atoms with van der Waals surface area (Å²) in [6.45, 7) is 2.54. The molecule has 1 amide bonds. The second-order valence-corrected chi connectivity index (χ2v) is 10.9. The van der Waals surface area contributed by atoms with E-state index in [9.17, 15) is 13.2 Å². The summed E-state index contributed by atoms with van der Waals surface area (Å²) in [5.74, 6) is -0.735. The van der Waals surface area contributed by atoms with Gasteiger partial charge in [0.15, 0.2) is 4.80 Å². The quantitative estimate of drug-likeness (QED) is 0.594. The van der Waals surface area contributed by atoms with Gasteiger partial charge in [-0.25, -0.2) is 8.42 Å². The average Bonchev–Trinajstić information content (AvgIpc) is 3.03. The summed E-state index contributed by atoms with van der Waals surface area (Å²) < 4.78 is 30.1. The van der Waals surface area contributed by atoms with Crippen LogP contribution in [0.4, 0.5) is 0 Å². The number of nitrogens with zero attached hydrogens (tertiary/aromatic N) is 3. The molecule has 0 radical (unpaired) electrons. The van der Waals surface area contributed by atoms with Crippen LogP contribution >= 0.6 is 22.9 Å². The summed E-state index contributed by atoms with van der Waals surface area (Å²) in [5, 5.41) is 0.647. The van der Waals surface area contributed by atoms with Crippen LogP contribution in [0.15, 0.2) is 52.4 Å². The fraction of sp³-hybridized carbons (Fsp3) is 0.333. The third-order valence-corrected chi connectivity index (χ3v) is 8.55. The molecule has 3 aromatic rings. The predicted molar refractivity (Wildman–Crippen MR) is 119 cm³/mol. The van der Waals surface area contributed by atoms with Gasteiger partial charge in [0.1, 0.15) is 0 Å². The van der Waals surface area contributed by atoms with Crippen molar-refractivity contribution in [1.82, 2.24) is 8.87 Å². The molecule has 4 rings (SSSR count). The molecule has 9 heteroatoms. The fourth-order valence-corrected chi connectivity index (χ4v) is 6.89. The average molecular weight is 464 g/mol. The molecule has 1 atom stereocenters. The van der Waals surface area contributed by atoms with Crippen LogP contribution in [-0.2, 0) is 21.9 Å². The molecule has 2 heterocycles. The van der Waals surface area contributed by atoms with Crippen LogP contribution in [0.1, 0.15) is 18.4 Å². The van der Waals surface area contributed by atoms with Gasteiger partial charge in [-0.15, -0.1) is 0 Å². The van der Waals surface area contributed by atoms with Gasteiger partial charge in [0.05, 0.1) is 21.0 Å². The van der Waals surface area contributed by atoms with Crippen molar-refractivity contribution in [1.29, 1.82) is 0 Å². The Labute approximate surface area is 184 Å². The normalized spacial score (nSPS) is 18.8. The standard InChI is InChI=1S/C21H22ClN3O3S2/c1-14-11-16(22)12-18-19(14)24(2)21(29-18)23-20(26)15-7-6-10-25(13-15)30(27,28)17-8-4-3-5-9-17/h3-5,8-9,11-12,15H,6-7,10,13H2,1-2H3. The SMILES string of the molecule is Cc1cc(Cl)cc2sc(=NC(=O)C3CCCN(S(=O)(=O)c4ccccc4)C3)n(C)c12. The Hall–Kier alpha value is -2.00. The zero-order chi connectivity index (χ0) is 21.5. The molecule has 0 saturated carbocycles. The second kappa shape index (κ2) is 8.26. The van der Waals surface area contributed by atoms with E-state index in [4.69, 9.17) is 11.6 Å². The Morgan fingerprint density at radius 1 is 1.23 bits per heavy atom. The Morgan fingerprint density at radius 2 is 1.97 bits per heavy atom. The minimum Gasteiger partial charge on any atom is -0.319 e. The van der Waals surface area contributed by atoms with E-state index in [0.717, 1.165) is 15.8 Å². The zero-order valence-corrected chi connectivity index (χ0v) is 19.1. The second-order valence-electron chi connectivity index (χ2n) is 7.48. The van der Waals surface area contributed by atoms with Crippen LogP contribution in [0, 0.1) is 12.8 Å². The number of thiazole rings is 1. The molecule has 1 unspecified atom stereocenters. The molecule has 1 fully saturated rings. The first-order valence-corrected chi connectivity index (χ1v) is 12.3. The number of piperidine rings is 1. The molecule has 2 aromatic carbocycles. The van der Waals surface area contributed by atoms with E-state index in [-0.39, 0.29) is 17.3 Å². The number of carbonyl (C=O) groups excluding carboxylic acids is 1. The van der Waals surface area contributed by atoms with E-state index in [1.807, 2.05) is 30.7 Å². The molecular formula is C21H22ClN3O3S2. The lowest BCUT2D eigenvalue weighted by molar-refractivity contribution is -0.122. The van der Waals surface area contributed by atoms with Crippen LogP contribution < -0.4 is 4.80 Å². The highest BCUT2D eigenvalue weighted by Gasteiger charge is 2.33. The lowest BCUT2D eigenvalue weighted by Gasteiger charge is -2.30. The monoisotopic (exact) mass is 463 g/mol. The van der Waals surface area contributed by atoms with Crippen molar-refractivity contribution >= 4 is 49.1 Å². The number of fused-ring (bicyclic) bond motifs is 1. The minimum absolute atomic E-state index is 0.152. The lowest BCUT2D eigenvalue weighted by Crippen LogP contribution is -2.42. The van der Waals surface area contributed by atoms with Gasteiger partial charge in [-0.2, -0.15) is 9.30 Å². The van der Waals surface area contributed by atoms with Gasteiger partial charge in [-0.1, -0.05) is 41.1 Å². The maximum Gasteiger partial charge on any atom is 0.252 e. The van der Waals surface area contributed by atoms with E-state index in [2.05, 4.69) is 4.99 Å². The van der Waals surface area contributed by atoms with Crippen LogP contribution in [0.2, 0.25) is 5.02 Å². The van der Waals surface area contributed by atoms with E-state index in [1.54, 1.807) is 30.3 Å². The van der Waals surface area contributed by atoms with Crippen LogP contribution in [-0.4, -0.2) is 36.3 Å². The maximum absolute atomic E-state index is 12.9. The van der Waals surface area contributed by atoms with Crippen LogP contribution in [0.3, 0.4) is 0 Å². The molecule has 158 valence electrons. The Bertz CT molecular complexity index is 1280. The summed E-state index contributed by atoms with van der Waals surface area (Å²) in [4.78, 5) is 18.1. The molecule has 1 aromatic heterocycles. The highest BCUT2D eigenvalue weighted by atomic mass is 35.5. The molecular weight excluding hydrogens is 442 g/mol. The number of halogens is 1. The smallest absolute Gasteiger partial charge is 0.252 e. The van der Waals surface area contributed by atoms with E-state index >= 15 is 0 Å². The Balaban J connectivity index is 1.62. The maximum atomic E-state index is 12.9. The molecule has 1 aliphatic rings. The molecule has 0 spiro atoms. The van der Waals surface area contributed by atoms with Crippen molar-refractivity contribution in [3.05, 3.63) is 57.9 Å². The highest BCUT2D eigenvalue weighted by Crippen LogP contribution is 2.26. The topological polar surface area (TPSA) is 71.7 Å². The van der Waals surface area contributed by atoms with Gasteiger partial charge in [0.25, 0.3) is 5.91 Å². The number of rotatable bonds is 3. The van der Waals surface area contributed by atoms with Crippen molar-refractivity contribution < 1.29 is 13.2 Å². The third kappa shape index (κ3) is 3.97. The van der Waals surface area contributed by atoms with Gasteiger partial charge in [-0.3, -0.25) is 4.79 Å². The van der Waals surface area contributed by atoms with Crippen molar-refractivity contribution in [2.75, 3.05) is 13.1 Å². The number of hydrogen-bond acceptors (Lipinski definition) is 4. The first-order valence-electron chi connectivity index (χ1n) is 9.67. The first-order chi connectivity index (χ1) is 14.3. The Kier molecular flexibility index (Phi) is 5.85. The van der Waals surface area contributed by atoms with Crippen molar-refractivity contribution in [3.63, 3.8) is 0 Å². The number of sulfonamides is 1. The van der Waals surface area contributed by atoms with Gasteiger partial charge in [-0.05, 0) is 49.6 Å². The fourth-order valence-electron chi connectivity index (χ4n) is 3.86. The number of carbonyl (C=O) groups is 1. The molecule has 1 saturated heterocycles. The molecule has 0 aliphatic carbocycles. The first kappa shape index (κ1) is 21.2. The Morgan fingerprint density at radius 3 is 2.70 bits per heavy atom. The number of amides is 1. The summed E-state index contributed by atoms with van der Waals surface area (Å²) in [6, 6.07) is 12.1. The highest BCUT2D eigenvalue weighted by molar-refractivity contribution is 7.89. The number of aryl methyl sites for hydroxylation is 2. The van der Waals surface area contributed by atoms with E-state index < -0.39 is 15.9 Å². The molecule has 1 aliphatic heterocycles. The third-order valence-electron chi connectivity index (χ3n) is 5.37. The van der Waals surface area contributed by atoms with Crippen molar-refractivity contribution in [2.45, 2.75) is 24.7 Å². The largest absolute Gasteiger partial charge is 0.319 e. The zero-order valence-electron chi connectivity index (χ0n) is 16.7. The van der Waals surface area contributed by atoms with Gasteiger partial charge in [0.2, 0.25) is 10.0 Å². The summed E-state index contributed by atoms with van der Waals surface area (Å²) in [6.07, 6.45) is 1.26. The number of aromatic nitrogens is 1. The molecule has 0 N–H and O–H groups in total. The van der Waals surface area contributed by atoms with E-state index in [0.29, 0.717) is 29.2 Å².